The molecule has 0 spiro atoms. The van der Waals surface area contributed by atoms with E-state index in [4.69, 9.17) is 0 Å². The molecule has 1 amide bonds. The number of amides is 1. The van der Waals surface area contributed by atoms with Crippen LogP contribution >= 0.6 is 0 Å². The molecule has 0 heterocycles. The molecule has 6 nitrogen and oxygen atoms in total. The Labute approximate surface area is 163 Å². The summed E-state index contributed by atoms with van der Waals surface area (Å²) in [6, 6.07) is 8.30. The van der Waals surface area contributed by atoms with Gasteiger partial charge in [-0.15, -0.1) is 0 Å². The Morgan fingerprint density at radius 3 is 2.43 bits per heavy atom. The normalized spacial score (nSPS) is 12.8. The molecule has 0 saturated heterocycles. The largest absolute Gasteiger partial charge is 0.351 e. The van der Waals surface area contributed by atoms with Gasteiger partial charge >= 0.3 is 0 Å². The van der Waals surface area contributed by atoms with Crippen molar-refractivity contribution in [1.82, 2.24) is 14.9 Å². The second-order valence-corrected chi connectivity index (χ2v) is 8.34. The predicted molar refractivity (Wildman–Crippen MR) is 102 cm³/mol. The number of nitrogens with zero attached hydrogens (tertiary/aromatic N) is 1. The first kappa shape index (κ1) is 21.9. The van der Waals surface area contributed by atoms with Gasteiger partial charge in [-0.25, -0.2) is 17.2 Å². The predicted octanol–water partition coefficient (Wildman–Crippen LogP) is 2.01. The molecule has 0 aliphatic rings. The van der Waals surface area contributed by atoms with Crippen LogP contribution < -0.4 is 10.0 Å². The maximum absolute atomic E-state index is 13.8. The number of benzene rings is 2. The van der Waals surface area contributed by atoms with Gasteiger partial charge in [0.2, 0.25) is 15.9 Å². The molecule has 0 aliphatic carbocycles. The van der Waals surface area contributed by atoms with E-state index in [1.807, 2.05) is 19.0 Å². The van der Waals surface area contributed by atoms with Gasteiger partial charge in [-0.1, -0.05) is 18.2 Å². The molecule has 0 aliphatic heterocycles. The third-order valence-electron chi connectivity index (χ3n) is 3.91. The van der Waals surface area contributed by atoms with Gasteiger partial charge in [-0.2, -0.15) is 4.72 Å². The average Bonchev–Trinajstić information content (AvgIpc) is 2.61. The van der Waals surface area contributed by atoms with Crippen LogP contribution in [0.25, 0.3) is 0 Å². The fourth-order valence-corrected chi connectivity index (χ4v) is 3.84. The van der Waals surface area contributed by atoms with E-state index in [2.05, 4.69) is 10.0 Å². The van der Waals surface area contributed by atoms with Crippen molar-refractivity contribution < 1.29 is 22.0 Å². The molecule has 152 valence electrons. The number of nitrogens with one attached hydrogen (secondary N) is 2. The fraction of sp³-hybridized carbons (Fsp3) is 0.316. The van der Waals surface area contributed by atoms with E-state index in [-0.39, 0.29) is 12.4 Å². The number of hydrogen-bond donors (Lipinski definition) is 2. The number of carbonyl (C=O) groups excluding carboxylic acids is 1. The molecule has 9 heteroatoms. The zero-order valence-corrected chi connectivity index (χ0v) is 16.7. The van der Waals surface area contributed by atoms with Crippen LogP contribution in [0, 0.1) is 11.6 Å². The van der Waals surface area contributed by atoms with Gasteiger partial charge in [-0.3, -0.25) is 4.79 Å². The van der Waals surface area contributed by atoms with Crippen LogP contribution in [0.15, 0.2) is 47.4 Å². The minimum absolute atomic E-state index is 0.102. The molecule has 28 heavy (non-hydrogen) atoms. The standard InChI is InChI=1S/C19H23F2N3O3S/c1-13(23-28(26,27)18-7-5-4-6-17(18)21)19(25)22-11-14-8-9-16(20)15(10-14)12-24(2)3/h4-10,13,23H,11-12H2,1-3H3,(H,22,25)/t13-/m0/s1. The van der Waals surface area contributed by atoms with Gasteiger partial charge in [0.05, 0.1) is 6.04 Å². The van der Waals surface area contributed by atoms with Crippen molar-refractivity contribution in [3.8, 4) is 0 Å². The highest BCUT2D eigenvalue weighted by Crippen LogP contribution is 2.14. The van der Waals surface area contributed by atoms with Gasteiger partial charge < -0.3 is 10.2 Å². The van der Waals surface area contributed by atoms with E-state index >= 15 is 0 Å². The van der Waals surface area contributed by atoms with Gasteiger partial charge in [-0.05, 0) is 50.8 Å². The molecule has 1 atom stereocenters. The molecule has 0 radical (unpaired) electrons. The maximum atomic E-state index is 13.8. The highest BCUT2D eigenvalue weighted by Gasteiger charge is 2.24. The monoisotopic (exact) mass is 411 g/mol. The van der Waals surface area contributed by atoms with Crippen LogP contribution in [0.2, 0.25) is 0 Å². The summed E-state index contributed by atoms with van der Waals surface area (Å²) in [6.45, 7) is 1.87. The molecule has 0 aromatic heterocycles. The van der Waals surface area contributed by atoms with Crippen molar-refractivity contribution in [1.29, 1.82) is 0 Å². The molecule has 2 aromatic carbocycles. The lowest BCUT2D eigenvalue weighted by Crippen LogP contribution is -2.44. The average molecular weight is 411 g/mol. The van der Waals surface area contributed by atoms with Crippen LogP contribution in [-0.2, 0) is 27.9 Å². The Bertz CT molecular complexity index is 949. The minimum atomic E-state index is -4.18. The lowest BCUT2D eigenvalue weighted by atomic mass is 10.1. The van der Waals surface area contributed by atoms with Crippen LogP contribution in [0.5, 0.6) is 0 Å². The van der Waals surface area contributed by atoms with Crippen molar-refractivity contribution >= 4 is 15.9 Å². The Morgan fingerprint density at radius 1 is 1.11 bits per heavy atom. The van der Waals surface area contributed by atoms with Gasteiger partial charge in [0.25, 0.3) is 0 Å². The van der Waals surface area contributed by atoms with Crippen LogP contribution in [0.4, 0.5) is 8.78 Å². The van der Waals surface area contributed by atoms with Crippen molar-refractivity contribution in [2.75, 3.05) is 14.1 Å². The van der Waals surface area contributed by atoms with Crippen molar-refractivity contribution in [2.45, 2.75) is 31.0 Å². The third kappa shape index (κ3) is 5.82. The Balaban J connectivity index is 2.00. The number of halogens is 2. The molecule has 2 rings (SSSR count). The van der Waals surface area contributed by atoms with E-state index in [0.717, 1.165) is 12.1 Å². The topological polar surface area (TPSA) is 78.5 Å². The molecular weight excluding hydrogens is 388 g/mol. The van der Waals surface area contributed by atoms with E-state index in [1.54, 1.807) is 12.1 Å². The van der Waals surface area contributed by atoms with Crippen molar-refractivity contribution in [2.24, 2.45) is 0 Å². The number of hydrogen-bond acceptors (Lipinski definition) is 4. The first-order chi connectivity index (χ1) is 13.1. The van der Waals surface area contributed by atoms with Gasteiger partial charge in [0, 0.05) is 18.7 Å². The summed E-state index contributed by atoms with van der Waals surface area (Å²) in [7, 11) is -0.551. The highest BCUT2D eigenvalue weighted by molar-refractivity contribution is 7.89. The summed E-state index contributed by atoms with van der Waals surface area (Å²) < 4.78 is 54.2. The lowest BCUT2D eigenvalue weighted by Gasteiger charge is -2.16. The first-order valence-corrected chi connectivity index (χ1v) is 10.0. The lowest BCUT2D eigenvalue weighted by molar-refractivity contribution is -0.122. The number of rotatable bonds is 8. The van der Waals surface area contributed by atoms with Gasteiger partial charge in [0.1, 0.15) is 16.5 Å². The molecule has 0 unspecified atom stereocenters. The van der Waals surface area contributed by atoms with E-state index in [9.17, 15) is 22.0 Å². The Morgan fingerprint density at radius 2 is 1.79 bits per heavy atom. The number of carbonyl (C=O) groups is 1. The summed E-state index contributed by atoms with van der Waals surface area (Å²) in [4.78, 5) is 13.5. The van der Waals surface area contributed by atoms with Crippen molar-refractivity contribution in [3.63, 3.8) is 0 Å². The highest BCUT2D eigenvalue weighted by atomic mass is 32.2. The summed E-state index contributed by atoms with van der Waals surface area (Å²) in [5, 5.41) is 2.59. The zero-order chi connectivity index (χ0) is 20.9. The Kier molecular flexibility index (Phi) is 7.22. The zero-order valence-electron chi connectivity index (χ0n) is 15.9. The smallest absolute Gasteiger partial charge is 0.244 e. The van der Waals surface area contributed by atoms with Crippen molar-refractivity contribution in [3.05, 3.63) is 65.2 Å². The van der Waals surface area contributed by atoms with Crippen LogP contribution in [0.3, 0.4) is 0 Å². The van der Waals surface area contributed by atoms with E-state index in [1.165, 1.54) is 25.1 Å². The summed E-state index contributed by atoms with van der Waals surface area (Å²) >= 11 is 0. The molecule has 2 aromatic rings. The third-order valence-corrected chi connectivity index (χ3v) is 5.49. The molecule has 0 fully saturated rings. The minimum Gasteiger partial charge on any atom is -0.351 e. The quantitative estimate of drug-likeness (QED) is 0.697. The number of sulfonamides is 1. The van der Waals surface area contributed by atoms with Crippen LogP contribution in [-0.4, -0.2) is 39.4 Å². The Hall–Kier alpha value is -2.36. The van der Waals surface area contributed by atoms with E-state index < -0.39 is 32.7 Å². The second-order valence-electron chi connectivity index (χ2n) is 6.65. The summed E-state index contributed by atoms with van der Waals surface area (Å²) in [6.07, 6.45) is 0. The van der Waals surface area contributed by atoms with Crippen LogP contribution in [0.1, 0.15) is 18.1 Å². The first-order valence-electron chi connectivity index (χ1n) is 8.57. The molecule has 2 N–H and O–H groups in total. The maximum Gasteiger partial charge on any atom is 0.244 e. The van der Waals surface area contributed by atoms with Gasteiger partial charge in [0.15, 0.2) is 0 Å². The molecule has 0 saturated carbocycles. The second kappa shape index (κ2) is 9.22. The summed E-state index contributed by atoms with van der Waals surface area (Å²) in [5.41, 5.74) is 1.17. The fourth-order valence-electron chi connectivity index (χ4n) is 2.55. The summed E-state index contributed by atoms with van der Waals surface area (Å²) in [5.74, 6) is -1.82. The van der Waals surface area contributed by atoms with E-state index in [0.29, 0.717) is 17.7 Å². The SMILES string of the molecule is C[C@H](NS(=O)(=O)c1ccccc1F)C(=O)NCc1ccc(F)c(CN(C)C)c1. The molecular formula is C19H23F2N3O3S. The molecule has 0 bridgehead atoms.